The van der Waals surface area contributed by atoms with Crippen molar-refractivity contribution in [1.82, 2.24) is 4.98 Å². The molecular weight excluding hydrogens is 242 g/mol. The first-order valence-electron chi connectivity index (χ1n) is 6.35. The topological polar surface area (TPSA) is 33.1 Å². The van der Waals surface area contributed by atoms with E-state index in [0.29, 0.717) is 5.92 Å². The van der Waals surface area contributed by atoms with Gasteiger partial charge in [0.1, 0.15) is 5.01 Å². The lowest BCUT2D eigenvalue weighted by Gasteiger charge is -2.01. The SMILES string of the molecule is CCc1ccc(-c2nc(C(C)C)c(CO)s2)cc1. The van der Waals surface area contributed by atoms with E-state index in [9.17, 15) is 5.11 Å². The second kappa shape index (κ2) is 5.63. The maximum atomic E-state index is 9.38. The van der Waals surface area contributed by atoms with Gasteiger partial charge in [-0.1, -0.05) is 45.0 Å². The smallest absolute Gasteiger partial charge is 0.123 e. The monoisotopic (exact) mass is 261 g/mol. The molecule has 3 heteroatoms. The number of nitrogens with zero attached hydrogens (tertiary/aromatic N) is 1. The fraction of sp³-hybridized carbons (Fsp3) is 0.400. The van der Waals surface area contributed by atoms with E-state index in [0.717, 1.165) is 27.6 Å². The number of aliphatic hydroxyl groups is 1. The van der Waals surface area contributed by atoms with E-state index in [1.54, 1.807) is 11.3 Å². The summed E-state index contributed by atoms with van der Waals surface area (Å²) in [5, 5.41) is 10.4. The molecule has 1 heterocycles. The zero-order chi connectivity index (χ0) is 13.1. The molecule has 1 aromatic heterocycles. The molecule has 1 aromatic carbocycles. The molecule has 96 valence electrons. The molecule has 0 unspecified atom stereocenters. The zero-order valence-corrected chi connectivity index (χ0v) is 11.9. The quantitative estimate of drug-likeness (QED) is 0.902. The van der Waals surface area contributed by atoms with Crippen LogP contribution in [0.3, 0.4) is 0 Å². The fourth-order valence-electron chi connectivity index (χ4n) is 1.93. The standard InChI is InChI=1S/C15H19NOS/c1-4-11-5-7-12(8-6-11)15-16-14(10(2)3)13(9-17)18-15/h5-8,10,17H,4,9H2,1-3H3. The first kappa shape index (κ1) is 13.2. The van der Waals surface area contributed by atoms with E-state index in [1.807, 2.05) is 0 Å². The predicted molar refractivity (Wildman–Crippen MR) is 76.9 cm³/mol. The third kappa shape index (κ3) is 2.62. The summed E-state index contributed by atoms with van der Waals surface area (Å²) in [6.07, 6.45) is 1.05. The van der Waals surface area contributed by atoms with Gasteiger partial charge in [-0.2, -0.15) is 0 Å². The summed E-state index contributed by atoms with van der Waals surface area (Å²) in [6, 6.07) is 8.51. The summed E-state index contributed by atoms with van der Waals surface area (Å²) >= 11 is 1.59. The lowest BCUT2D eigenvalue weighted by Crippen LogP contribution is -1.93. The molecule has 0 radical (unpaired) electrons. The lowest BCUT2D eigenvalue weighted by atomic mass is 10.1. The number of aromatic nitrogens is 1. The molecule has 2 rings (SSSR count). The van der Waals surface area contributed by atoms with Crippen molar-refractivity contribution in [1.29, 1.82) is 0 Å². The Hall–Kier alpha value is -1.19. The molecule has 0 spiro atoms. The average Bonchev–Trinajstić information content (AvgIpc) is 2.83. The fourth-order valence-corrected chi connectivity index (χ4v) is 3.02. The van der Waals surface area contributed by atoms with Crippen molar-refractivity contribution in [2.24, 2.45) is 0 Å². The predicted octanol–water partition coefficient (Wildman–Crippen LogP) is 3.99. The van der Waals surface area contributed by atoms with E-state index in [2.05, 4.69) is 50.0 Å². The van der Waals surface area contributed by atoms with Crippen LogP contribution in [0, 0.1) is 0 Å². The van der Waals surface area contributed by atoms with Gasteiger partial charge in [0, 0.05) is 5.56 Å². The summed E-state index contributed by atoms with van der Waals surface area (Å²) in [5.41, 5.74) is 3.50. The molecule has 0 aliphatic heterocycles. The molecule has 0 saturated carbocycles. The molecule has 0 atom stereocenters. The number of hydrogen-bond donors (Lipinski definition) is 1. The Morgan fingerprint density at radius 3 is 2.33 bits per heavy atom. The summed E-state index contributed by atoms with van der Waals surface area (Å²) in [4.78, 5) is 5.65. The van der Waals surface area contributed by atoms with Crippen molar-refractivity contribution in [2.75, 3.05) is 0 Å². The Labute approximate surface area is 112 Å². The number of benzene rings is 1. The first-order valence-corrected chi connectivity index (χ1v) is 7.17. The normalized spacial score (nSPS) is 11.2. The number of rotatable bonds is 4. The molecule has 0 aliphatic carbocycles. The Bertz CT molecular complexity index is 514. The Morgan fingerprint density at radius 1 is 1.22 bits per heavy atom. The van der Waals surface area contributed by atoms with Gasteiger partial charge in [0.25, 0.3) is 0 Å². The molecule has 0 aliphatic rings. The lowest BCUT2D eigenvalue weighted by molar-refractivity contribution is 0.283. The Kier molecular flexibility index (Phi) is 4.15. The minimum Gasteiger partial charge on any atom is -0.391 e. The highest BCUT2D eigenvalue weighted by molar-refractivity contribution is 7.15. The van der Waals surface area contributed by atoms with E-state index < -0.39 is 0 Å². The van der Waals surface area contributed by atoms with Gasteiger partial charge in [-0.3, -0.25) is 0 Å². The van der Waals surface area contributed by atoms with Gasteiger partial charge in [-0.05, 0) is 17.9 Å². The molecular formula is C15H19NOS. The Balaban J connectivity index is 2.37. The highest BCUT2D eigenvalue weighted by Crippen LogP contribution is 2.31. The van der Waals surface area contributed by atoms with Crippen LogP contribution in [0.15, 0.2) is 24.3 Å². The number of hydrogen-bond acceptors (Lipinski definition) is 3. The Morgan fingerprint density at radius 2 is 1.89 bits per heavy atom. The van der Waals surface area contributed by atoms with E-state index >= 15 is 0 Å². The van der Waals surface area contributed by atoms with E-state index in [4.69, 9.17) is 0 Å². The number of thiazole rings is 1. The van der Waals surface area contributed by atoms with Crippen LogP contribution in [0.25, 0.3) is 10.6 Å². The second-order valence-electron chi connectivity index (χ2n) is 4.69. The van der Waals surface area contributed by atoms with Crippen molar-refractivity contribution < 1.29 is 5.11 Å². The first-order chi connectivity index (χ1) is 8.65. The molecule has 0 amide bonds. The molecule has 2 aromatic rings. The van der Waals surface area contributed by atoms with Crippen LogP contribution in [0.4, 0.5) is 0 Å². The number of aliphatic hydroxyl groups excluding tert-OH is 1. The highest BCUT2D eigenvalue weighted by Gasteiger charge is 2.14. The van der Waals surface area contributed by atoms with E-state index in [1.165, 1.54) is 5.56 Å². The van der Waals surface area contributed by atoms with E-state index in [-0.39, 0.29) is 6.61 Å². The maximum absolute atomic E-state index is 9.38. The summed E-state index contributed by atoms with van der Waals surface area (Å²) in [5.74, 6) is 0.354. The third-order valence-corrected chi connectivity index (χ3v) is 4.13. The van der Waals surface area contributed by atoms with Crippen LogP contribution < -0.4 is 0 Å². The van der Waals surface area contributed by atoms with Gasteiger partial charge in [-0.25, -0.2) is 4.98 Å². The van der Waals surface area contributed by atoms with Crippen molar-refractivity contribution >= 4 is 11.3 Å². The van der Waals surface area contributed by atoms with Crippen LogP contribution in [-0.2, 0) is 13.0 Å². The summed E-state index contributed by atoms with van der Waals surface area (Å²) in [7, 11) is 0. The molecule has 0 bridgehead atoms. The summed E-state index contributed by atoms with van der Waals surface area (Å²) < 4.78 is 0. The van der Waals surface area contributed by atoms with Crippen LogP contribution in [0.2, 0.25) is 0 Å². The average molecular weight is 261 g/mol. The molecule has 18 heavy (non-hydrogen) atoms. The van der Waals surface area contributed by atoms with Crippen LogP contribution in [-0.4, -0.2) is 10.1 Å². The van der Waals surface area contributed by atoms with Gasteiger partial charge in [0.15, 0.2) is 0 Å². The van der Waals surface area contributed by atoms with Gasteiger partial charge in [0.2, 0.25) is 0 Å². The minimum absolute atomic E-state index is 0.0816. The van der Waals surface area contributed by atoms with Crippen molar-refractivity contribution in [2.45, 2.75) is 39.7 Å². The van der Waals surface area contributed by atoms with Gasteiger partial charge in [0.05, 0.1) is 17.2 Å². The van der Waals surface area contributed by atoms with Gasteiger partial charge >= 0.3 is 0 Å². The molecule has 0 saturated heterocycles. The van der Waals surface area contributed by atoms with Gasteiger partial charge in [-0.15, -0.1) is 11.3 Å². The molecule has 0 fully saturated rings. The van der Waals surface area contributed by atoms with Crippen LogP contribution in [0.5, 0.6) is 0 Å². The largest absolute Gasteiger partial charge is 0.391 e. The minimum atomic E-state index is 0.0816. The highest BCUT2D eigenvalue weighted by atomic mass is 32.1. The van der Waals surface area contributed by atoms with Crippen LogP contribution in [0.1, 0.15) is 42.8 Å². The van der Waals surface area contributed by atoms with Crippen molar-refractivity contribution in [3.63, 3.8) is 0 Å². The van der Waals surface area contributed by atoms with Crippen molar-refractivity contribution in [3.8, 4) is 10.6 Å². The zero-order valence-electron chi connectivity index (χ0n) is 11.1. The molecule has 2 nitrogen and oxygen atoms in total. The second-order valence-corrected chi connectivity index (χ2v) is 5.77. The van der Waals surface area contributed by atoms with Gasteiger partial charge < -0.3 is 5.11 Å². The maximum Gasteiger partial charge on any atom is 0.123 e. The number of aryl methyl sites for hydroxylation is 1. The van der Waals surface area contributed by atoms with Crippen molar-refractivity contribution in [3.05, 3.63) is 40.4 Å². The van der Waals surface area contributed by atoms with Crippen LogP contribution >= 0.6 is 11.3 Å². The third-order valence-electron chi connectivity index (χ3n) is 3.03. The summed E-state index contributed by atoms with van der Waals surface area (Å²) in [6.45, 7) is 6.45. The molecule has 1 N–H and O–H groups in total.